The van der Waals surface area contributed by atoms with E-state index in [0.717, 1.165) is 12.8 Å². The van der Waals surface area contributed by atoms with E-state index in [1.165, 1.54) is 70.6 Å². The van der Waals surface area contributed by atoms with Crippen LogP contribution in [0.5, 0.6) is 0 Å². The van der Waals surface area contributed by atoms with Crippen molar-refractivity contribution in [2.45, 2.75) is 123 Å². The predicted molar refractivity (Wildman–Crippen MR) is 132 cm³/mol. The van der Waals surface area contributed by atoms with Gasteiger partial charge in [0.2, 0.25) is 0 Å². The van der Waals surface area contributed by atoms with Crippen molar-refractivity contribution in [2.75, 3.05) is 0 Å². The zero-order valence-electron chi connectivity index (χ0n) is 20.0. The monoisotopic (exact) mass is 434 g/mol. The Kier molecular flexibility index (Phi) is 17.6. The third kappa shape index (κ3) is 18.7. The molecule has 0 spiro atoms. The number of carbonyl (C=O) groups is 1. The predicted octanol–water partition coefficient (Wildman–Crippen LogP) is 7.28. The highest BCUT2D eigenvalue weighted by Gasteiger charge is 2.16. The largest absolute Gasteiger partial charge is 0.478 e. The average molecular weight is 435 g/mol. The number of carboxylic acid groups (broad SMARTS) is 1. The summed E-state index contributed by atoms with van der Waals surface area (Å²) in [5.41, 5.74) is 3.07. The van der Waals surface area contributed by atoms with Gasteiger partial charge in [-0.05, 0) is 32.1 Å². The molecular formula is C26H46O3Si. The minimum atomic E-state index is -1.62. The zero-order valence-corrected chi connectivity index (χ0v) is 21.0. The number of aliphatic carboxylic acids is 1. The Balaban J connectivity index is 3.78. The smallest absolute Gasteiger partial charge is 0.334 e. The Bertz CT molecular complexity index is 561. The molecule has 30 heavy (non-hydrogen) atoms. The van der Waals surface area contributed by atoms with Crippen LogP contribution in [0, 0.1) is 11.5 Å². The minimum Gasteiger partial charge on any atom is -0.478 e. The summed E-state index contributed by atoms with van der Waals surface area (Å²) in [5, 5.41) is 19.4. The van der Waals surface area contributed by atoms with Crippen LogP contribution in [0.1, 0.15) is 96.8 Å². The van der Waals surface area contributed by atoms with Gasteiger partial charge in [0.15, 0.2) is 0 Å². The lowest BCUT2D eigenvalue weighted by Gasteiger charge is -2.08. The van der Waals surface area contributed by atoms with E-state index in [0.29, 0.717) is 6.42 Å². The first kappa shape index (κ1) is 28.7. The molecule has 0 fully saturated rings. The minimum absolute atomic E-state index is 0.0287. The lowest BCUT2D eigenvalue weighted by Crippen LogP contribution is -2.20. The molecule has 3 nitrogen and oxygen atoms in total. The number of rotatable bonds is 17. The van der Waals surface area contributed by atoms with Crippen LogP contribution in [-0.2, 0) is 4.79 Å². The molecule has 0 aliphatic heterocycles. The topological polar surface area (TPSA) is 57.5 Å². The summed E-state index contributed by atoms with van der Waals surface area (Å²) in [6.45, 7) is 8.45. The summed E-state index contributed by atoms with van der Waals surface area (Å²) < 4.78 is 0. The van der Waals surface area contributed by atoms with Gasteiger partial charge in [-0.3, -0.25) is 0 Å². The first-order valence-corrected chi connectivity index (χ1v) is 15.6. The van der Waals surface area contributed by atoms with Gasteiger partial charge < -0.3 is 10.2 Å². The van der Waals surface area contributed by atoms with Gasteiger partial charge in [-0.1, -0.05) is 109 Å². The van der Waals surface area contributed by atoms with Crippen LogP contribution in [0.4, 0.5) is 0 Å². The van der Waals surface area contributed by atoms with Crippen molar-refractivity contribution in [3.8, 4) is 11.5 Å². The first-order chi connectivity index (χ1) is 14.3. The third-order valence-corrected chi connectivity index (χ3v) is 5.85. The Labute approximate surface area is 187 Å². The van der Waals surface area contributed by atoms with E-state index in [9.17, 15) is 15.0 Å². The van der Waals surface area contributed by atoms with Crippen molar-refractivity contribution in [2.24, 2.45) is 0 Å². The van der Waals surface area contributed by atoms with Gasteiger partial charge in [0.1, 0.15) is 14.2 Å². The van der Waals surface area contributed by atoms with E-state index in [1.807, 2.05) is 0 Å². The highest BCUT2D eigenvalue weighted by molar-refractivity contribution is 6.83. The molecule has 0 aromatic rings. The fraction of sp³-hybridized carbons (Fsp3) is 0.731. The average Bonchev–Trinajstić information content (AvgIpc) is 2.67. The van der Waals surface area contributed by atoms with Crippen molar-refractivity contribution < 1.29 is 15.0 Å². The molecular weight excluding hydrogens is 388 g/mol. The van der Waals surface area contributed by atoms with Gasteiger partial charge in [0.25, 0.3) is 0 Å². The van der Waals surface area contributed by atoms with Gasteiger partial charge in [-0.15, -0.1) is 5.54 Å². The molecule has 0 aliphatic rings. The molecule has 0 bridgehead atoms. The van der Waals surface area contributed by atoms with Gasteiger partial charge in [-0.2, -0.15) is 0 Å². The summed E-state index contributed by atoms with van der Waals surface area (Å²) in [6.07, 6.45) is 22.1. The molecule has 0 aromatic carbocycles. The lowest BCUT2D eigenvalue weighted by molar-refractivity contribution is -0.133. The van der Waals surface area contributed by atoms with Gasteiger partial charge in [0, 0.05) is 0 Å². The van der Waals surface area contributed by atoms with E-state index < -0.39 is 20.1 Å². The van der Waals surface area contributed by atoms with Crippen molar-refractivity contribution in [1.29, 1.82) is 0 Å². The second-order valence-electron chi connectivity index (χ2n) is 9.26. The molecule has 172 valence electrons. The Morgan fingerprint density at radius 1 is 0.833 bits per heavy atom. The van der Waals surface area contributed by atoms with Crippen LogP contribution >= 0.6 is 0 Å². The van der Waals surface area contributed by atoms with Crippen molar-refractivity contribution in [3.05, 3.63) is 23.8 Å². The fourth-order valence-electron chi connectivity index (χ4n) is 3.14. The number of carboxylic acids is 1. The highest BCUT2D eigenvalue weighted by Crippen LogP contribution is 2.13. The standard InChI is InChI=1S/C26H46O3Si/c1-5-6-7-8-9-10-11-12-13-14-15-16-17-18-19-20-21-24(26(28)29)25(27)22-23-30(2,3)4/h8-9,21,25,27H,5-7,10-20H2,1-4H3,(H,28,29)/b9-8-,24-21+/t25-/m1/s1. The molecule has 0 saturated heterocycles. The van der Waals surface area contributed by atoms with Crippen LogP contribution < -0.4 is 0 Å². The molecule has 0 radical (unpaired) electrons. The number of hydrogen-bond acceptors (Lipinski definition) is 2. The SMILES string of the molecule is CCCC/C=C\CCCCCCCCCCC/C=C(/C(=O)O)[C@H](O)C#C[Si](C)(C)C. The molecule has 0 unspecified atom stereocenters. The highest BCUT2D eigenvalue weighted by atomic mass is 28.3. The quantitative estimate of drug-likeness (QED) is 0.0831. The van der Waals surface area contributed by atoms with Crippen molar-refractivity contribution >= 4 is 14.0 Å². The van der Waals surface area contributed by atoms with Crippen LogP contribution in [0.3, 0.4) is 0 Å². The summed E-state index contributed by atoms with van der Waals surface area (Å²) in [5.74, 6) is 1.66. The number of aliphatic hydroxyl groups excluding tert-OH is 1. The normalized spacial score (nSPS) is 13.3. The number of aliphatic hydroxyl groups is 1. The summed E-state index contributed by atoms with van der Waals surface area (Å²) in [7, 11) is -1.62. The van der Waals surface area contributed by atoms with Gasteiger partial charge in [-0.25, -0.2) is 4.79 Å². The van der Waals surface area contributed by atoms with Crippen LogP contribution in [0.25, 0.3) is 0 Å². The van der Waals surface area contributed by atoms with Crippen molar-refractivity contribution in [3.63, 3.8) is 0 Å². The maximum atomic E-state index is 11.4. The molecule has 0 heterocycles. The lowest BCUT2D eigenvalue weighted by atomic mass is 10.0. The van der Waals surface area contributed by atoms with Gasteiger partial charge >= 0.3 is 5.97 Å². The summed E-state index contributed by atoms with van der Waals surface area (Å²) in [6, 6.07) is 0. The molecule has 2 N–H and O–H groups in total. The van der Waals surface area contributed by atoms with E-state index in [-0.39, 0.29) is 5.57 Å². The van der Waals surface area contributed by atoms with E-state index in [4.69, 9.17) is 0 Å². The molecule has 1 atom stereocenters. The van der Waals surface area contributed by atoms with Gasteiger partial charge in [0.05, 0.1) is 5.57 Å². The van der Waals surface area contributed by atoms with Crippen LogP contribution in [0.2, 0.25) is 19.6 Å². The molecule has 0 aromatic heterocycles. The Hall–Kier alpha value is -1.31. The molecule has 0 saturated carbocycles. The third-order valence-electron chi connectivity index (χ3n) is 4.96. The van der Waals surface area contributed by atoms with Crippen molar-refractivity contribution in [1.82, 2.24) is 0 Å². The maximum absolute atomic E-state index is 11.4. The number of allylic oxidation sites excluding steroid dienone is 3. The number of unbranched alkanes of at least 4 members (excludes halogenated alkanes) is 12. The van der Waals surface area contributed by atoms with E-state index in [2.05, 4.69) is 50.2 Å². The summed E-state index contributed by atoms with van der Waals surface area (Å²) in [4.78, 5) is 11.4. The zero-order chi connectivity index (χ0) is 22.7. The van der Waals surface area contributed by atoms with Crippen LogP contribution in [-0.4, -0.2) is 30.4 Å². The second-order valence-corrected chi connectivity index (χ2v) is 14.0. The Morgan fingerprint density at radius 3 is 1.77 bits per heavy atom. The summed E-state index contributed by atoms with van der Waals surface area (Å²) >= 11 is 0. The Morgan fingerprint density at radius 2 is 1.30 bits per heavy atom. The maximum Gasteiger partial charge on any atom is 0.334 e. The molecule has 0 rings (SSSR count). The van der Waals surface area contributed by atoms with Crippen LogP contribution in [0.15, 0.2) is 23.8 Å². The van der Waals surface area contributed by atoms with E-state index >= 15 is 0 Å². The first-order valence-electron chi connectivity index (χ1n) is 12.1. The molecule has 0 aliphatic carbocycles. The molecule has 4 heteroatoms. The van der Waals surface area contributed by atoms with E-state index in [1.54, 1.807) is 6.08 Å². The molecule has 0 amide bonds. The fourth-order valence-corrected chi connectivity index (χ4v) is 3.71. The number of hydrogen-bond donors (Lipinski definition) is 2. The second kappa shape index (κ2) is 18.5.